The van der Waals surface area contributed by atoms with Crippen molar-refractivity contribution in [1.29, 1.82) is 5.26 Å². The second kappa shape index (κ2) is 6.92. The minimum Gasteiger partial charge on any atom is -0.316 e. The molecule has 1 N–H and O–H groups in total. The highest BCUT2D eigenvalue weighted by Gasteiger charge is 1.97. The van der Waals surface area contributed by atoms with Gasteiger partial charge in [0, 0.05) is 6.42 Å². The molecule has 0 unspecified atom stereocenters. The molecule has 2 heteroatoms. The number of rotatable bonds is 6. The van der Waals surface area contributed by atoms with E-state index in [1.54, 1.807) is 0 Å². The van der Waals surface area contributed by atoms with E-state index in [9.17, 15) is 0 Å². The number of aryl methyl sites for hydroxylation is 1. The Hall–Kier alpha value is -1.85. The van der Waals surface area contributed by atoms with E-state index in [1.807, 2.05) is 0 Å². The summed E-state index contributed by atoms with van der Waals surface area (Å²) >= 11 is 0. The summed E-state index contributed by atoms with van der Waals surface area (Å²) in [7, 11) is 0. The Labute approximate surface area is 115 Å². The Balaban J connectivity index is 1.88. The summed E-state index contributed by atoms with van der Waals surface area (Å²) in [6, 6.07) is 15.4. The van der Waals surface area contributed by atoms with Crippen molar-refractivity contribution in [1.82, 2.24) is 5.32 Å². The van der Waals surface area contributed by atoms with Gasteiger partial charge in [0.15, 0.2) is 0 Å². The van der Waals surface area contributed by atoms with Crippen LogP contribution in [0.5, 0.6) is 0 Å². The van der Waals surface area contributed by atoms with Crippen LogP contribution in [0.2, 0.25) is 0 Å². The summed E-state index contributed by atoms with van der Waals surface area (Å²) in [5.41, 5.74) is 2.67. The number of nitrogens with zero attached hydrogens (tertiary/aromatic N) is 1. The zero-order chi connectivity index (χ0) is 13.5. The Bertz CT molecular complexity index is 581. The van der Waals surface area contributed by atoms with Gasteiger partial charge in [-0.05, 0) is 49.2 Å². The monoisotopic (exact) mass is 252 g/mol. The Morgan fingerprint density at radius 3 is 2.68 bits per heavy atom. The molecule has 0 aliphatic heterocycles. The fourth-order valence-corrected chi connectivity index (χ4v) is 2.22. The molecular formula is C17H20N2. The lowest BCUT2D eigenvalue weighted by atomic mass is 10.0. The van der Waals surface area contributed by atoms with Crippen LogP contribution in [0, 0.1) is 18.3 Å². The predicted octanol–water partition coefficient (Wildman–Crippen LogP) is 3.58. The van der Waals surface area contributed by atoms with Gasteiger partial charge in [0.2, 0.25) is 0 Å². The average molecular weight is 252 g/mol. The maximum absolute atomic E-state index is 8.44. The van der Waals surface area contributed by atoms with Gasteiger partial charge in [0.1, 0.15) is 0 Å². The zero-order valence-electron chi connectivity index (χ0n) is 11.4. The van der Waals surface area contributed by atoms with Gasteiger partial charge in [0.25, 0.3) is 0 Å². The van der Waals surface area contributed by atoms with E-state index in [1.165, 1.54) is 21.9 Å². The van der Waals surface area contributed by atoms with Crippen LogP contribution < -0.4 is 5.32 Å². The van der Waals surface area contributed by atoms with Crippen molar-refractivity contribution in [2.45, 2.75) is 26.2 Å². The summed E-state index contributed by atoms with van der Waals surface area (Å²) in [5.74, 6) is 0. The quantitative estimate of drug-likeness (QED) is 0.798. The van der Waals surface area contributed by atoms with E-state index in [-0.39, 0.29) is 0 Å². The van der Waals surface area contributed by atoms with Crippen molar-refractivity contribution < 1.29 is 0 Å². The lowest BCUT2D eigenvalue weighted by molar-refractivity contribution is 0.655. The summed E-state index contributed by atoms with van der Waals surface area (Å²) in [5, 5.41) is 14.4. The molecule has 0 fully saturated rings. The molecule has 2 aromatic rings. The molecular weight excluding hydrogens is 232 g/mol. The van der Waals surface area contributed by atoms with Crippen molar-refractivity contribution in [3.63, 3.8) is 0 Å². The minimum atomic E-state index is 0.641. The van der Waals surface area contributed by atoms with Crippen molar-refractivity contribution in [3.05, 3.63) is 47.5 Å². The topological polar surface area (TPSA) is 35.8 Å². The number of nitriles is 1. The first-order valence-electron chi connectivity index (χ1n) is 6.86. The SMILES string of the molecule is Cc1ccc2cc(CCNCCCC#N)ccc2c1. The van der Waals surface area contributed by atoms with E-state index in [4.69, 9.17) is 5.26 Å². The first kappa shape index (κ1) is 13.6. The number of nitrogens with one attached hydrogen (secondary N) is 1. The fraction of sp³-hybridized carbons (Fsp3) is 0.353. The van der Waals surface area contributed by atoms with Crippen LogP contribution in [0.3, 0.4) is 0 Å². The number of unbranched alkanes of at least 4 members (excludes halogenated alkanes) is 1. The van der Waals surface area contributed by atoms with Crippen molar-refractivity contribution in [2.75, 3.05) is 13.1 Å². The molecule has 0 spiro atoms. The highest BCUT2D eigenvalue weighted by atomic mass is 14.8. The van der Waals surface area contributed by atoms with Gasteiger partial charge in [-0.3, -0.25) is 0 Å². The molecule has 2 rings (SSSR count). The van der Waals surface area contributed by atoms with Gasteiger partial charge >= 0.3 is 0 Å². The van der Waals surface area contributed by atoms with Crippen LogP contribution in [0.4, 0.5) is 0 Å². The third-order valence-electron chi connectivity index (χ3n) is 3.29. The van der Waals surface area contributed by atoms with Gasteiger partial charge in [-0.1, -0.05) is 42.0 Å². The fourth-order valence-electron chi connectivity index (χ4n) is 2.22. The van der Waals surface area contributed by atoms with Crippen LogP contribution in [0.15, 0.2) is 36.4 Å². The predicted molar refractivity (Wildman–Crippen MR) is 80.1 cm³/mol. The largest absolute Gasteiger partial charge is 0.316 e. The molecule has 98 valence electrons. The number of hydrogen-bond acceptors (Lipinski definition) is 2. The third-order valence-corrected chi connectivity index (χ3v) is 3.29. The van der Waals surface area contributed by atoms with E-state index in [0.717, 1.165) is 25.9 Å². The van der Waals surface area contributed by atoms with Crippen LogP contribution in [0.1, 0.15) is 24.0 Å². The number of benzene rings is 2. The molecule has 0 saturated heterocycles. The standard InChI is InChI=1S/C17H20N2/c1-14-4-6-17-13-15(5-7-16(17)12-14)8-11-19-10-3-2-9-18/h4-7,12-13,19H,2-3,8,10-11H2,1H3. The highest BCUT2D eigenvalue weighted by molar-refractivity contribution is 5.83. The molecule has 0 bridgehead atoms. The molecule has 0 aliphatic rings. The smallest absolute Gasteiger partial charge is 0.0622 e. The van der Waals surface area contributed by atoms with Gasteiger partial charge < -0.3 is 5.32 Å². The van der Waals surface area contributed by atoms with Crippen LogP contribution in [-0.4, -0.2) is 13.1 Å². The summed E-state index contributed by atoms with van der Waals surface area (Å²) in [6.07, 6.45) is 2.62. The molecule has 2 nitrogen and oxygen atoms in total. The number of hydrogen-bond donors (Lipinski definition) is 1. The molecule has 0 saturated carbocycles. The van der Waals surface area contributed by atoms with E-state index in [2.05, 4.69) is 54.7 Å². The molecule has 0 radical (unpaired) electrons. The molecule has 19 heavy (non-hydrogen) atoms. The van der Waals surface area contributed by atoms with Crippen LogP contribution >= 0.6 is 0 Å². The number of fused-ring (bicyclic) bond motifs is 1. The van der Waals surface area contributed by atoms with Crippen molar-refractivity contribution in [2.24, 2.45) is 0 Å². The average Bonchev–Trinajstić information content (AvgIpc) is 2.43. The maximum atomic E-state index is 8.44. The van der Waals surface area contributed by atoms with E-state index < -0.39 is 0 Å². The van der Waals surface area contributed by atoms with Crippen molar-refractivity contribution >= 4 is 10.8 Å². The Kier molecular flexibility index (Phi) is 4.94. The summed E-state index contributed by atoms with van der Waals surface area (Å²) in [4.78, 5) is 0. The van der Waals surface area contributed by atoms with E-state index >= 15 is 0 Å². The van der Waals surface area contributed by atoms with Crippen molar-refractivity contribution in [3.8, 4) is 6.07 Å². The summed E-state index contributed by atoms with van der Waals surface area (Å²) in [6.45, 7) is 4.03. The molecule has 0 aliphatic carbocycles. The maximum Gasteiger partial charge on any atom is 0.0622 e. The molecule has 0 aromatic heterocycles. The highest BCUT2D eigenvalue weighted by Crippen LogP contribution is 2.17. The molecule has 0 atom stereocenters. The van der Waals surface area contributed by atoms with Crippen LogP contribution in [-0.2, 0) is 6.42 Å². The summed E-state index contributed by atoms with van der Waals surface area (Å²) < 4.78 is 0. The van der Waals surface area contributed by atoms with Gasteiger partial charge in [-0.2, -0.15) is 5.26 Å². The minimum absolute atomic E-state index is 0.641. The molecule has 2 aromatic carbocycles. The molecule has 0 amide bonds. The lowest BCUT2D eigenvalue weighted by Crippen LogP contribution is -2.18. The second-order valence-electron chi connectivity index (χ2n) is 4.95. The Morgan fingerprint density at radius 2 is 1.84 bits per heavy atom. The van der Waals surface area contributed by atoms with E-state index in [0.29, 0.717) is 6.42 Å². The Morgan fingerprint density at radius 1 is 1.05 bits per heavy atom. The third kappa shape index (κ3) is 4.08. The van der Waals surface area contributed by atoms with Crippen LogP contribution in [0.25, 0.3) is 10.8 Å². The van der Waals surface area contributed by atoms with Gasteiger partial charge in [-0.25, -0.2) is 0 Å². The first-order valence-corrected chi connectivity index (χ1v) is 6.86. The first-order chi connectivity index (χ1) is 9.29. The zero-order valence-corrected chi connectivity index (χ0v) is 11.4. The second-order valence-corrected chi connectivity index (χ2v) is 4.95. The van der Waals surface area contributed by atoms with Gasteiger partial charge in [-0.15, -0.1) is 0 Å². The normalized spacial score (nSPS) is 10.5. The van der Waals surface area contributed by atoms with Gasteiger partial charge in [0.05, 0.1) is 6.07 Å². The molecule has 0 heterocycles. The lowest BCUT2D eigenvalue weighted by Gasteiger charge is -2.06.